The van der Waals surface area contributed by atoms with Crippen LogP contribution in [0.5, 0.6) is 0 Å². The lowest BCUT2D eigenvalue weighted by Gasteiger charge is -2.29. The molecule has 0 aliphatic carbocycles. The Hall–Kier alpha value is -0.640. The van der Waals surface area contributed by atoms with E-state index in [-0.39, 0.29) is 10.8 Å². The van der Waals surface area contributed by atoms with Gasteiger partial charge in [0.15, 0.2) is 0 Å². The number of benzene rings is 1. The van der Waals surface area contributed by atoms with Gasteiger partial charge in [-0.1, -0.05) is 23.7 Å². The SMILES string of the molecule is CN1CCCC(CNCc2cccc(F)c2Cl)C1. The van der Waals surface area contributed by atoms with Gasteiger partial charge in [0, 0.05) is 13.1 Å². The van der Waals surface area contributed by atoms with E-state index in [2.05, 4.69) is 17.3 Å². The molecule has 0 spiro atoms. The molecule has 1 aliphatic rings. The predicted molar refractivity (Wildman–Crippen MR) is 73.3 cm³/mol. The van der Waals surface area contributed by atoms with Crippen LogP contribution in [0.1, 0.15) is 18.4 Å². The molecule has 1 fully saturated rings. The predicted octanol–water partition coefficient (Wildman–Crippen LogP) is 2.91. The normalized spacial score (nSPS) is 21.2. The van der Waals surface area contributed by atoms with Gasteiger partial charge in [-0.3, -0.25) is 0 Å². The number of halogens is 2. The number of piperidine rings is 1. The Balaban J connectivity index is 1.79. The lowest BCUT2D eigenvalue weighted by Crippen LogP contribution is -2.37. The molecule has 0 aromatic heterocycles. The Bertz CT molecular complexity index is 397. The molecule has 2 nitrogen and oxygen atoms in total. The minimum atomic E-state index is -0.339. The standard InChI is InChI=1S/C14H20ClFN2/c1-18-7-3-4-11(10-18)8-17-9-12-5-2-6-13(16)14(12)15/h2,5-6,11,17H,3-4,7-10H2,1H3. The lowest BCUT2D eigenvalue weighted by atomic mass is 9.98. The second-order valence-electron chi connectivity index (χ2n) is 5.11. The summed E-state index contributed by atoms with van der Waals surface area (Å²) in [5, 5.41) is 3.62. The Kier molecular flexibility index (Phi) is 4.98. The van der Waals surface area contributed by atoms with Crippen LogP contribution in [0.15, 0.2) is 18.2 Å². The number of nitrogens with zero attached hydrogens (tertiary/aromatic N) is 1. The third kappa shape index (κ3) is 3.67. The highest BCUT2D eigenvalue weighted by Gasteiger charge is 2.16. The molecule has 4 heteroatoms. The molecule has 1 aliphatic heterocycles. The summed E-state index contributed by atoms with van der Waals surface area (Å²) in [5.74, 6) is 0.351. The fourth-order valence-electron chi connectivity index (χ4n) is 2.54. The number of rotatable bonds is 4. The summed E-state index contributed by atoms with van der Waals surface area (Å²) in [7, 11) is 2.16. The zero-order valence-electron chi connectivity index (χ0n) is 10.8. The van der Waals surface area contributed by atoms with Crippen LogP contribution in [0.25, 0.3) is 0 Å². The molecular weight excluding hydrogens is 251 g/mol. The molecule has 1 aromatic rings. The molecule has 1 saturated heterocycles. The monoisotopic (exact) mass is 270 g/mol. The van der Waals surface area contributed by atoms with Gasteiger partial charge in [-0.05, 0) is 50.5 Å². The average molecular weight is 271 g/mol. The molecule has 1 atom stereocenters. The van der Waals surface area contributed by atoms with Crippen LogP contribution in [0.2, 0.25) is 5.02 Å². The van der Waals surface area contributed by atoms with E-state index in [4.69, 9.17) is 11.6 Å². The van der Waals surface area contributed by atoms with Gasteiger partial charge in [0.05, 0.1) is 5.02 Å². The Morgan fingerprint density at radius 3 is 3.11 bits per heavy atom. The number of hydrogen-bond donors (Lipinski definition) is 1. The molecule has 0 radical (unpaired) electrons. The van der Waals surface area contributed by atoms with Gasteiger partial charge in [0.25, 0.3) is 0 Å². The molecule has 0 bridgehead atoms. The van der Waals surface area contributed by atoms with Crippen LogP contribution in [-0.2, 0) is 6.54 Å². The molecule has 18 heavy (non-hydrogen) atoms. The lowest BCUT2D eigenvalue weighted by molar-refractivity contribution is 0.206. The van der Waals surface area contributed by atoms with Crippen LogP contribution >= 0.6 is 11.6 Å². The van der Waals surface area contributed by atoms with Crippen molar-refractivity contribution in [3.8, 4) is 0 Å². The van der Waals surface area contributed by atoms with Gasteiger partial charge in [-0.25, -0.2) is 4.39 Å². The summed E-state index contributed by atoms with van der Waals surface area (Å²) in [4.78, 5) is 2.37. The first kappa shape index (κ1) is 13.8. The highest BCUT2D eigenvalue weighted by molar-refractivity contribution is 6.31. The summed E-state index contributed by atoms with van der Waals surface area (Å²) in [5.41, 5.74) is 0.834. The van der Waals surface area contributed by atoms with E-state index in [9.17, 15) is 4.39 Å². The summed E-state index contributed by atoms with van der Waals surface area (Å²) < 4.78 is 13.2. The summed E-state index contributed by atoms with van der Waals surface area (Å²) in [6, 6.07) is 4.96. The number of hydrogen-bond acceptors (Lipinski definition) is 2. The molecule has 2 rings (SSSR count). The second-order valence-corrected chi connectivity index (χ2v) is 5.49. The first-order valence-corrected chi connectivity index (χ1v) is 6.87. The molecule has 0 saturated carbocycles. The second kappa shape index (κ2) is 6.50. The van der Waals surface area contributed by atoms with E-state index in [1.807, 2.05) is 6.07 Å². The quantitative estimate of drug-likeness (QED) is 0.905. The van der Waals surface area contributed by atoms with Crippen molar-refractivity contribution in [1.29, 1.82) is 0 Å². The van der Waals surface area contributed by atoms with E-state index in [0.717, 1.165) is 18.7 Å². The summed E-state index contributed by atoms with van der Waals surface area (Å²) in [6.07, 6.45) is 2.54. The Morgan fingerprint density at radius 1 is 1.50 bits per heavy atom. The fourth-order valence-corrected chi connectivity index (χ4v) is 2.73. The van der Waals surface area contributed by atoms with Crippen molar-refractivity contribution < 1.29 is 4.39 Å². The van der Waals surface area contributed by atoms with Gasteiger partial charge < -0.3 is 10.2 Å². The van der Waals surface area contributed by atoms with E-state index in [1.165, 1.54) is 25.5 Å². The molecule has 1 aromatic carbocycles. The topological polar surface area (TPSA) is 15.3 Å². The molecule has 100 valence electrons. The molecule has 1 heterocycles. The highest BCUT2D eigenvalue weighted by atomic mass is 35.5. The van der Waals surface area contributed by atoms with E-state index >= 15 is 0 Å². The van der Waals surface area contributed by atoms with Gasteiger partial charge in [0.2, 0.25) is 0 Å². The van der Waals surface area contributed by atoms with Gasteiger partial charge in [-0.2, -0.15) is 0 Å². The minimum absolute atomic E-state index is 0.241. The maximum atomic E-state index is 13.2. The van der Waals surface area contributed by atoms with Crippen molar-refractivity contribution in [2.24, 2.45) is 5.92 Å². The third-order valence-electron chi connectivity index (χ3n) is 3.50. The van der Waals surface area contributed by atoms with Crippen LogP contribution in [0.3, 0.4) is 0 Å². The molecule has 0 amide bonds. The van der Waals surface area contributed by atoms with E-state index in [0.29, 0.717) is 12.5 Å². The first-order valence-electron chi connectivity index (χ1n) is 6.49. The fraction of sp³-hybridized carbons (Fsp3) is 0.571. The van der Waals surface area contributed by atoms with Crippen LogP contribution in [0, 0.1) is 11.7 Å². The Morgan fingerprint density at radius 2 is 2.33 bits per heavy atom. The van der Waals surface area contributed by atoms with Gasteiger partial charge in [0.1, 0.15) is 5.82 Å². The maximum Gasteiger partial charge on any atom is 0.142 e. The summed E-state index contributed by atoms with van der Waals surface area (Å²) >= 11 is 5.91. The van der Waals surface area contributed by atoms with Gasteiger partial charge >= 0.3 is 0 Å². The summed E-state index contributed by atoms with van der Waals surface area (Å²) in [6.45, 7) is 3.95. The van der Waals surface area contributed by atoms with Gasteiger partial charge in [-0.15, -0.1) is 0 Å². The van der Waals surface area contributed by atoms with Crippen molar-refractivity contribution in [3.05, 3.63) is 34.6 Å². The van der Waals surface area contributed by atoms with Crippen LogP contribution in [-0.4, -0.2) is 31.6 Å². The van der Waals surface area contributed by atoms with Crippen molar-refractivity contribution in [2.75, 3.05) is 26.7 Å². The Labute approximate surface area is 113 Å². The molecule has 1 unspecified atom stereocenters. The molecular formula is C14H20ClFN2. The number of nitrogens with one attached hydrogen (secondary N) is 1. The smallest absolute Gasteiger partial charge is 0.142 e. The zero-order chi connectivity index (χ0) is 13.0. The van der Waals surface area contributed by atoms with Crippen molar-refractivity contribution >= 4 is 11.6 Å². The van der Waals surface area contributed by atoms with E-state index < -0.39 is 0 Å². The van der Waals surface area contributed by atoms with E-state index in [1.54, 1.807) is 6.07 Å². The first-order chi connectivity index (χ1) is 8.66. The largest absolute Gasteiger partial charge is 0.312 e. The third-order valence-corrected chi connectivity index (χ3v) is 3.93. The highest BCUT2D eigenvalue weighted by Crippen LogP contribution is 2.19. The van der Waals surface area contributed by atoms with Crippen molar-refractivity contribution in [3.63, 3.8) is 0 Å². The zero-order valence-corrected chi connectivity index (χ0v) is 11.5. The van der Waals surface area contributed by atoms with Crippen molar-refractivity contribution in [2.45, 2.75) is 19.4 Å². The average Bonchev–Trinajstić information content (AvgIpc) is 2.35. The maximum absolute atomic E-state index is 13.2. The molecule has 1 N–H and O–H groups in total. The van der Waals surface area contributed by atoms with Crippen LogP contribution < -0.4 is 5.32 Å². The minimum Gasteiger partial charge on any atom is -0.312 e. The number of likely N-dealkylation sites (tertiary alicyclic amines) is 1. The van der Waals surface area contributed by atoms with Crippen molar-refractivity contribution in [1.82, 2.24) is 10.2 Å². The van der Waals surface area contributed by atoms with Crippen LogP contribution in [0.4, 0.5) is 4.39 Å².